The summed E-state index contributed by atoms with van der Waals surface area (Å²) in [4.78, 5) is 0. The average molecular weight is 155 g/mol. The van der Waals surface area contributed by atoms with Gasteiger partial charge < -0.3 is 10.5 Å². The second-order valence-corrected chi connectivity index (χ2v) is 2.36. The number of ether oxygens (including phenoxy) is 1. The predicted molar refractivity (Wildman–Crippen MR) is 28.3 cm³/mol. The van der Waals surface area contributed by atoms with Crippen molar-refractivity contribution in [3.8, 4) is 0 Å². The van der Waals surface area contributed by atoms with Gasteiger partial charge in [-0.1, -0.05) is 0 Å². The first-order valence-corrected chi connectivity index (χ1v) is 2.92. The van der Waals surface area contributed by atoms with Crippen LogP contribution in [0, 0.1) is 5.92 Å². The fourth-order valence-corrected chi connectivity index (χ4v) is 0.729. The van der Waals surface area contributed by atoms with Crippen molar-refractivity contribution >= 4 is 0 Å². The minimum atomic E-state index is -4.27. The lowest BCUT2D eigenvalue weighted by molar-refractivity contribution is -0.187. The fraction of sp³-hybridized carbons (Fsp3) is 1.00. The molecule has 5 heteroatoms. The number of rotatable bonds is 1. The molecular formula is C5H8F3NO. The van der Waals surface area contributed by atoms with Gasteiger partial charge in [0.15, 0.2) is 0 Å². The van der Waals surface area contributed by atoms with E-state index in [1.165, 1.54) is 0 Å². The van der Waals surface area contributed by atoms with Crippen molar-refractivity contribution < 1.29 is 17.9 Å². The molecular weight excluding hydrogens is 147 g/mol. The zero-order valence-electron chi connectivity index (χ0n) is 5.19. The molecule has 1 aliphatic heterocycles. The van der Waals surface area contributed by atoms with Crippen molar-refractivity contribution in [2.24, 2.45) is 11.7 Å². The number of hydrogen-bond acceptors (Lipinski definition) is 2. The van der Waals surface area contributed by atoms with Crippen molar-refractivity contribution in [1.82, 2.24) is 0 Å². The summed E-state index contributed by atoms with van der Waals surface area (Å²) in [7, 11) is 0. The summed E-state index contributed by atoms with van der Waals surface area (Å²) >= 11 is 0. The number of hydrogen-bond donors (Lipinski definition) is 1. The number of halogens is 3. The summed E-state index contributed by atoms with van der Waals surface area (Å²) in [5.41, 5.74) is 4.85. The van der Waals surface area contributed by atoms with E-state index in [-0.39, 0.29) is 13.2 Å². The SMILES string of the molecule is N[C@@H](C1COC1)C(F)(F)F. The lowest BCUT2D eigenvalue weighted by Gasteiger charge is -2.32. The summed E-state index contributed by atoms with van der Waals surface area (Å²) in [6.45, 7) is 0.279. The maximum atomic E-state index is 11.7. The smallest absolute Gasteiger partial charge is 0.381 e. The maximum Gasteiger partial charge on any atom is 0.404 e. The van der Waals surface area contributed by atoms with Crippen molar-refractivity contribution in [1.29, 1.82) is 0 Å². The number of nitrogens with two attached hydrogens (primary N) is 1. The fourth-order valence-electron chi connectivity index (χ4n) is 0.729. The first kappa shape index (κ1) is 7.81. The highest BCUT2D eigenvalue weighted by Gasteiger charge is 2.44. The van der Waals surface area contributed by atoms with Crippen LogP contribution in [0.25, 0.3) is 0 Å². The van der Waals surface area contributed by atoms with E-state index in [2.05, 4.69) is 4.74 Å². The third-order valence-electron chi connectivity index (χ3n) is 1.55. The van der Waals surface area contributed by atoms with Gasteiger partial charge in [-0.15, -0.1) is 0 Å². The molecule has 0 radical (unpaired) electrons. The van der Waals surface area contributed by atoms with Gasteiger partial charge in [0.2, 0.25) is 0 Å². The van der Waals surface area contributed by atoms with Crippen LogP contribution in [0.4, 0.5) is 13.2 Å². The molecule has 0 spiro atoms. The van der Waals surface area contributed by atoms with Crippen molar-refractivity contribution in [2.45, 2.75) is 12.2 Å². The third-order valence-corrected chi connectivity index (χ3v) is 1.55. The van der Waals surface area contributed by atoms with Crippen LogP contribution >= 0.6 is 0 Å². The molecule has 0 amide bonds. The average Bonchev–Trinajstić information content (AvgIpc) is 1.57. The van der Waals surface area contributed by atoms with E-state index < -0.39 is 18.1 Å². The Balaban J connectivity index is 2.39. The highest BCUT2D eigenvalue weighted by atomic mass is 19.4. The van der Waals surface area contributed by atoms with E-state index in [0.717, 1.165) is 0 Å². The maximum absolute atomic E-state index is 11.7. The Morgan fingerprint density at radius 1 is 1.40 bits per heavy atom. The lowest BCUT2D eigenvalue weighted by atomic mass is 9.99. The van der Waals surface area contributed by atoms with E-state index in [4.69, 9.17) is 5.73 Å². The zero-order chi connectivity index (χ0) is 7.78. The molecule has 2 nitrogen and oxygen atoms in total. The molecule has 0 aromatic carbocycles. The molecule has 1 aliphatic rings. The second kappa shape index (κ2) is 2.39. The van der Waals surface area contributed by atoms with Crippen LogP contribution in [0.2, 0.25) is 0 Å². The van der Waals surface area contributed by atoms with Crippen LogP contribution < -0.4 is 5.73 Å². The third kappa shape index (κ3) is 1.41. The zero-order valence-corrected chi connectivity index (χ0v) is 5.19. The van der Waals surface area contributed by atoms with E-state index in [1.807, 2.05) is 0 Å². The highest BCUT2D eigenvalue weighted by molar-refractivity contribution is 4.83. The van der Waals surface area contributed by atoms with Gasteiger partial charge in [0.25, 0.3) is 0 Å². The Hall–Kier alpha value is -0.290. The largest absolute Gasteiger partial charge is 0.404 e. The Morgan fingerprint density at radius 3 is 2.00 bits per heavy atom. The molecule has 10 heavy (non-hydrogen) atoms. The molecule has 2 N–H and O–H groups in total. The highest BCUT2D eigenvalue weighted by Crippen LogP contribution is 2.27. The summed E-state index contributed by atoms with van der Waals surface area (Å²) in [6.07, 6.45) is -4.27. The van der Waals surface area contributed by atoms with Gasteiger partial charge in [0.1, 0.15) is 6.04 Å². The minimum Gasteiger partial charge on any atom is -0.381 e. The summed E-state index contributed by atoms with van der Waals surface area (Å²) in [5.74, 6) is -0.528. The normalized spacial score (nSPS) is 24.0. The van der Waals surface area contributed by atoms with E-state index in [9.17, 15) is 13.2 Å². The van der Waals surface area contributed by atoms with Gasteiger partial charge in [-0.3, -0.25) is 0 Å². The quantitative estimate of drug-likeness (QED) is 0.599. The van der Waals surface area contributed by atoms with E-state index in [0.29, 0.717) is 0 Å². The van der Waals surface area contributed by atoms with Crippen molar-refractivity contribution in [3.63, 3.8) is 0 Å². The first-order valence-electron chi connectivity index (χ1n) is 2.92. The van der Waals surface area contributed by atoms with Gasteiger partial charge in [-0.25, -0.2) is 0 Å². The van der Waals surface area contributed by atoms with E-state index in [1.54, 1.807) is 0 Å². The molecule has 0 unspecified atom stereocenters. The summed E-state index contributed by atoms with van der Waals surface area (Å²) in [6, 6.07) is -1.71. The monoisotopic (exact) mass is 155 g/mol. The molecule has 0 aromatic heterocycles. The van der Waals surface area contributed by atoms with Crippen LogP contribution in [0.5, 0.6) is 0 Å². The summed E-state index contributed by atoms with van der Waals surface area (Å²) < 4.78 is 39.8. The van der Waals surface area contributed by atoms with Crippen LogP contribution in [0.1, 0.15) is 0 Å². The molecule has 0 aliphatic carbocycles. The van der Waals surface area contributed by atoms with Gasteiger partial charge in [-0.05, 0) is 0 Å². The van der Waals surface area contributed by atoms with Crippen molar-refractivity contribution in [3.05, 3.63) is 0 Å². The summed E-state index contributed by atoms with van der Waals surface area (Å²) in [5, 5.41) is 0. The van der Waals surface area contributed by atoms with Gasteiger partial charge in [-0.2, -0.15) is 13.2 Å². The molecule has 0 aromatic rings. The Labute approximate surface area is 56.1 Å². The minimum absolute atomic E-state index is 0.140. The molecule has 1 saturated heterocycles. The molecule has 60 valence electrons. The molecule has 1 heterocycles. The molecule has 1 rings (SSSR count). The van der Waals surface area contributed by atoms with Crippen molar-refractivity contribution in [2.75, 3.05) is 13.2 Å². The lowest BCUT2D eigenvalue weighted by Crippen LogP contribution is -2.51. The van der Waals surface area contributed by atoms with Gasteiger partial charge in [0.05, 0.1) is 13.2 Å². The van der Waals surface area contributed by atoms with Crippen LogP contribution in [0.15, 0.2) is 0 Å². The van der Waals surface area contributed by atoms with Crippen LogP contribution in [0.3, 0.4) is 0 Å². The van der Waals surface area contributed by atoms with Gasteiger partial charge in [0, 0.05) is 5.92 Å². The first-order chi connectivity index (χ1) is 4.52. The molecule has 0 bridgehead atoms. The molecule has 1 fully saturated rings. The topological polar surface area (TPSA) is 35.2 Å². The molecule has 1 atom stereocenters. The van der Waals surface area contributed by atoms with Crippen LogP contribution in [-0.2, 0) is 4.74 Å². The Morgan fingerprint density at radius 2 is 1.90 bits per heavy atom. The Bertz CT molecular complexity index is 121. The molecule has 0 saturated carbocycles. The van der Waals surface area contributed by atoms with Gasteiger partial charge >= 0.3 is 6.18 Å². The Kier molecular flexibility index (Phi) is 1.87. The van der Waals surface area contributed by atoms with Crippen LogP contribution in [-0.4, -0.2) is 25.4 Å². The second-order valence-electron chi connectivity index (χ2n) is 2.36. The number of alkyl halides is 3. The predicted octanol–water partition coefficient (Wildman–Crippen LogP) is 0.522. The standard InChI is InChI=1S/C5H8F3NO/c6-5(7,8)4(9)3-1-10-2-3/h3-4H,1-2,9H2/t4-/m0/s1. The van der Waals surface area contributed by atoms with E-state index >= 15 is 0 Å².